The number of benzene rings is 2. The van der Waals surface area contributed by atoms with Crippen molar-refractivity contribution in [3.05, 3.63) is 64.9 Å². The van der Waals surface area contributed by atoms with E-state index in [-0.39, 0.29) is 0 Å². The zero-order valence-corrected chi connectivity index (χ0v) is 12.5. The van der Waals surface area contributed by atoms with Crippen LogP contribution >= 0.6 is 11.6 Å². The third-order valence-corrected chi connectivity index (χ3v) is 3.90. The lowest BCUT2D eigenvalue weighted by Gasteiger charge is -2.23. The third kappa shape index (κ3) is 2.28. The molecule has 1 unspecified atom stereocenters. The average Bonchev–Trinajstić information content (AvgIpc) is 2.93. The highest BCUT2D eigenvalue weighted by Crippen LogP contribution is 2.38. The van der Waals surface area contributed by atoms with Gasteiger partial charge < -0.3 is 14.3 Å². The summed E-state index contributed by atoms with van der Waals surface area (Å²) in [5, 5.41) is 12.3. The van der Waals surface area contributed by atoms with Crippen LogP contribution in [0.4, 0.5) is 0 Å². The Balaban J connectivity index is 2.17. The van der Waals surface area contributed by atoms with Crippen LogP contribution in [-0.4, -0.2) is 12.2 Å². The van der Waals surface area contributed by atoms with Crippen molar-refractivity contribution in [2.45, 2.75) is 12.5 Å². The fourth-order valence-electron chi connectivity index (χ4n) is 2.45. The molecule has 0 saturated carbocycles. The summed E-state index contributed by atoms with van der Waals surface area (Å²) in [7, 11) is 1.57. The van der Waals surface area contributed by atoms with Crippen LogP contribution in [-0.2, 0) is 5.60 Å². The Morgan fingerprint density at radius 3 is 2.62 bits per heavy atom. The van der Waals surface area contributed by atoms with Crippen LogP contribution in [0.5, 0.6) is 5.75 Å². The molecule has 1 atom stereocenters. The number of ether oxygens (including phenoxy) is 1. The van der Waals surface area contributed by atoms with Crippen LogP contribution in [0.25, 0.3) is 11.0 Å². The van der Waals surface area contributed by atoms with Crippen molar-refractivity contribution in [3.8, 4) is 5.75 Å². The molecule has 21 heavy (non-hydrogen) atoms. The number of hydrogen-bond acceptors (Lipinski definition) is 3. The molecular formula is C17H15ClO3. The van der Waals surface area contributed by atoms with E-state index in [2.05, 4.69) is 0 Å². The van der Waals surface area contributed by atoms with Crippen LogP contribution in [0, 0.1) is 0 Å². The second kappa shape index (κ2) is 5.10. The largest absolute Gasteiger partial charge is 0.496 e. The normalized spacial score (nSPS) is 14.1. The van der Waals surface area contributed by atoms with E-state index in [1.54, 1.807) is 32.2 Å². The molecule has 0 bridgehead atoms. The van der Waals surface area contributed by atoms with Crippen molar-refractivity contribution in [2.75, 3.05) is 7.11 Å². The van der Waals surface area contributed by atoms with Crippen molar-refractivity contribution in [1.29, 1.82) is 0 Å². The van der Waals surface area contributed by atoms with Crippen LogP contribution in [0.15, 0.2) is 52.9 Å². The van der Waals surface area contributed by atoms with Crippen molar-refractivity contribution < 1.29 is 14.3 Å². The second-order valence-electron chi connectivity index (χ2n) is 5.04. The fourth-order valence-corrected chi connectivity index (χ4v) is 2.67. The second-order valence-corrected chi connectivity index (χ2v) is 5.45. The molecule has 0 aliphatic rings. The molecule has 0 saturated heterocycles. The van der Waals surface area contributed by atoms with Gasteiger partial charge in [0.25, 0.3) is 0 Å². The first-order valence-electron chi connectivity index (χ1n) is 6.58. The first-order valence-corrected chi connectivity index (χ1v) is 6.96. The lowest BCUT2D eigenvalue weighted by Crippen LogP contribution is -2.22. The number of fused-ring (bicyclic) bond motifs is 1. The van der Waals surface area contributed by atoms with E-state index < -0.39 is 5.60 Å². The molecule has 108 valence electrons. The highest BCUT2D eigenvalue weighted by molar-refractivity contribution is 6.34. The Kier molecular flexibility index (Phi) is 3.40. The number of aliphatic hydroxyl groups is 1. The molecule has 3 rings (SSSR count). The minimum absolute atomic E-state index is 0.426. The van der Waals surface area contributed by atoms with E-state index in [4.69, 9.17) is 20.8 Å². The molecule has 3 aromatic rings. The maximum atomic E-state index is 10.9. The van der Waals surface area contributed by atoms with Crippen LogP contribution in [0.2, 0.25) is 5.02 Å². The standard InChI is InChI=1S/C17H15ClO3/c1-17(19,12-7-3-4-9-14(12)20-2)15-10-11-6-5-8-13(18)16(11)21-15/h3-10,19H,1-2H3. The molecule has 0 aliphatic heterocycles. The minimum atomic E-state index is -1.31. The Morgan fingerprint density at radius 1 is 1.14 bits per heavy atom. The van der Waals surface area contributed by atoms with Crippen molar-refractivity contribution in [2.24, 2.45) is 0 Å². The smallest absolute Gasteiger partial charge is 0.153 e. The molecule has 1 aromatic heterocycles. The predicted molar refractivity (Wildman–Crippen MR) is 82.9 cm³/mol. The van der Waals surface area contributed by atoms with Gasteiger partial charge in [-0.3, -0.25) is 0 Å². The summed E-state index contributed by atoms with van der Waals surface area (Å²) in [4.78, 5) is 0. The van der Waals surface area contributed by atoms with Gasteiger partial charge in [-0.1, -0.05) is 41.9 Å². The van der Waals surface area contributed by atoms with Gasteiger partial charge in [-0.25, -0.2) is 0 Å². The summed E-state index contributed by atoms with van der Waals surface area (Å²) >= 11 is 6.12. The van der Waals surface area contributed by atoms with Gasteiger partial charge in [-0.2, -0.15) is 0 Å². The monoisotopic (exact) mass is 302 g/mol. The highest BCUT2D eigenvalue weighted by atomic mass is 35.5. The number of para-hydroxylation sites is 2. The van der Waals surface area contributed by atoms with Gasteiger partial charge in [0, 0.05) is 10.9 Å². The van der Waals surface area contributed by atoms with E-state index in [9.17, 15) is 5.11 Å². The van der Waals surface area contributed by atoms with E-state index in [1.165, 1.54) is 0 Å². The van der Waals surface area contributed by atoms with E-state index in [1.807, 2.05) is 30.3 Å². The SMILES string of the molecule is COc1ccccc1C(C)(O)c1cc2cccc(Cl)c2o1. The summed E-state index contributed by atoms with van der Waals surface area (Å²) in [6.45, 7) is 1.68. The van der Waals surface area contributed by atoms with Gasteiger partial charge in [-0.05, 0) is 25.1 Å². The maximum Gasteiger partial charge on any atom is 0.153 e. The Labute approximate surface area is 127 Å². The molecule has 0 fully saturated rings. The van der Waals surface area contributed by atoms with Crippen molar-refractivity contribution >= 4 is 22.6 Å². The zero-order chi connectivity index (χ0) is 15.0. The fraction of sp³-hybridized carbons (Fsp3) is 0.176. The summed E-state index contributed by atoms with van der Waals surface area (Å²) in [6, 6.07) is 14.6. The first kappa shape index (κ1) is 14.0. The summed E-state index contributed by atoms with van der Waals surface area (Å²) in [6.07, 6.45) is 0. The topological polar surface area (TPSA) is 42.6 Å². The molecule has 0 amide bonds. The Morgan fingerprint density at radius 2 is 1.90 bits per heavy atom. The quantitative estimate of drug-likeness (QED) is 0.782. The Hall–Kier alpha value is -1.97. The van der Waals surface area contributed by atoms with Crippen LogP contribution < -0.4 is 4.74 Å². The zero-order valence-electron chi connectivity index (χ0n) is 11.8. The molecule has 4 heteroatoms. The molecular weight excluding hydrogens is 288 g/mol. The van der Waals surface area contributed by atoms with Gasteiger partial charge in [0.05, 0.1) is 12.1 Å². The minimum Gasteiger partial charge on any atom is -0.496 e. The van der Waals surface area contributed by atoms with Gasteiger partial charge in [-0.15, -0.1) is 0 Å². The van der Waals surface area contributed by atoms with Gasteiger partial charge >= 0.3 is 0 Å². The van der Waals surface area contributed by atoms with E-state index >= 15 is 0 Å². The Bertz CT molecular complexity index is 790. The molecule has 0 radical (unpaired) electrons. The molecule has 1 heterocycles. The lowest BCUT2D eigenvalue weighted by molar-refractivity contribution is 0.0758. The lowest BCUT2D eigenvalue weighted by atomic mass is 9.92. The van der Waals surface area contributed by atoms with Crippen molar-refractivity contribution in [3.63, 3.8) is 0 Å². The van der Waals surface area contributed by atoms with Gasteiger partial charge in [0.15, 0.2) is 5.58 Å². The number of furan rings is 1. The summed E-state index contributed by atoms with van der Waals surface area (Å²) < 4.78 is 11.1. The molecule has 2 aromatic carbocycles. The number of hydrogen-bond donors (Lipinski definition) is 1. The van der Waals surface area contributed by atoms with E-state index in [0.29, 0.717) is 27.7 Å². The maximum absolute atomic E-state index is 10.9. The summed E-state index contributed by atoms with van der Waals surface area (Å²) in [5.74, 6) is 1.03. The average molecular weight is 303 g/mol. The van der Waals surface area contributed by atoms with E-state index in [0.717, 1.165) is 5.39 Å². The van der Waals surface area contributed by atoms with Crippen LogP contribution in [0.3, 0.4) is 0 Å². The molecule has 3 nitrogen and oxygen atoms in total. The number of halogens is 1. The molecule has 1 N–H and O–H groups in total. The number of methoxy groups -OCH3 is 1. The highest BCUT2D eigenvalue weighted by Gasteiger charge is 2.32. The van der Waals surface area contributed by atoms with Crippen LogP contribution in [0.1, 0.15) is 18.2 Å². The first-order chi connectivity index (χ1) is 10.0. The van der Waals surface area contributed by atoms with Gasteiger partial charge in [0.2, 0.25) is 0 Å². The summed E-state index contributed by atoms with van der Waals surface area (Å²) in [5.41, 5.74) is -0.0957. The molecule has 0 aliphatic carbocycles. The van der Waals surface area contributed by atoms with Crippen molar-refractivity contribution in [1.82, 2.24) is 0 Å². The predicted octanol–water partition coefficient (Wildman–Crippen LogP) is 4.35. The third-order valence-electron chi connectivity index (χ3n) is 3.61. The van der Waals surface area contributed by atoms with Gasteiger partial charge in [0.1, 0.15) is 17.1 Å². The molecule has 0 spiro atoms. The number of rotatable bonds is 3.